The molecule has 0 amide bonds. The summed E-state index contributed by atoms with van der Waals surface area (Å²) in [6.07, 6.45) is 0.753. The average Bonchev–Trinajstić information content (AvgIpc) is 2.75. The Morgan fingerprint density at radius 2 is 1.87 bits per heavy atom. The quantitative estimate of drug-likeness (QED) is 0.811. The molecule has 1 aromatic carbocycles. The van der Waals surface area contributed by atoms with Crippen LogP contribution in [0.15, 0.2) is 30.3 Å². The molecule has 1 heterocycles. The van der Waals surface area contributed by atoms with E-state index in [0.717, 1.165) is 24.9 Å². The summed E-state index contributed by atoms with van der Waals surface area (Å²) in [5.74, 6) is 1.58. The lowest BCUT2D eigenvalue weighted by molar-refractivity contribution is 0.0337. The van der Waals surface area contributed by atoms with Crippen LogP contribution in [0, 0.1) is 11.8 Å². The summed E-state index contributed by atoms with van der Waals surface area (Å²) < 4.78 is 6.07. The molecule has 1 N–H and O–H groups in total. The monoisotopic (exact) mass is 203 g/mol. The third-order valence-corrected chi connectivity index (χ3v) is 3.64. The minimum absolute atomic E-state index is 0.238. The third-order valence-electron chi connectivity index (χ3n) is 3.64. The van der Waals surface area contributed by atoms with Gasteiger partial charge in [-0.1, -0.05) is 30.3 Å². The molecule has 80 valence electrons. The number of fused-ring (bicyclic) bond motifs is 1. The lowest BCUT2D eigenvalue weighted by atomic mass is 10.1. The van der Waals surface area contributed by atoms with Crippen molar-refractivity contribution < 1.29 is 4.74 Å². The predicted molar refractivity (Wildman–Crippen MR) is 59.6 cm³/mol. The lowest BCUT2D eigenvalue weighted by Gasteiger charge is -2.15. The maximum atomic E-state index is 6.07. The van der Waals surface area contributed by atoms with Crippen LogP contribution in [0.1, 0.15) is 18.6 Å². The summed E-state index contributed by atoms with van der Waals surface area (Å²) in [7, 11) is 0. The van der Waals surface area contributed by atoms with E-state index < -0.39 is 0 Å². The van der Waals surface area contributed by atoms with E-state index in [1.165, 1.54) is 5.56 Å². The average molecular weight is 203 g/mol. The number of rotatable bonds is 3. The smallest absolute Gasteiger partial charge is 0.0800 e. The highest BCUT2D eigenvalue weighted by Crippen LogP contribution is 2.46. The van der Waals surface area contributed by atoms with E-state index >= 15 is 0 Å². The topological polar surface area (TPSA) is 21.3 Å². The molecule has 2 fully saturated rings. The maximum absolute atomic E-state index is 6.07. The second-order valence-electron chi connectivity index (χ2n) is 4.64. The highest BCUT2D eigenvalue weighted by atomic mass is 16.5. The van der Waals surface area contributed by atoms with Crippen LogP contribution in [0.5, 0.6) is 0 Å². The number of nitrogens with one attached hydrogen (secondary N) is 1. The number of hydrogen-bond acceptors (Lipinski definition) is 2. The van der Waals surface area contributed by atoms with Crippen LogP contribution >= 0.6 is 0 Å². The first-order valence-electron chi connectivity index (χ1n) is 5.77. The molecule has 4 atom stereocenters. The molecule has 0 radical (unpaired) electrons. The molecule has 1 saturated heterocycles. The lowest BCUT2D eigenvalue weighted by Crippen LogP contribution is -2.19. The molecular weight excluding hydrogens is 186 g/mol. The van der Waals surface area contributed by atoms with Gasteiger partial charge in [0.05, 0.1) is 12.2 Å². The molecule has 0 aromatic heterocycles. The predicted octanol–water partition coefficient (Wildman–Crippen LogP) is 1.98. The van der Waals surface area contributed by atoms with Gasteiger partial charge in [-0.25, -0.2) is 0 Å². The van der Waals surface area contributed by atoms with E-state index in [1.807, 2.05) is 6.07 Å². The van der Waals surface area contributed by atoms with Crippen LogP contribution in [-0.2, 0) is 4.74 Å². The van der Waals surface area contributed by atoms with Crippen molar-refractivity contribution in [2.45, 2.75) is 19.1 Å². The second-order valence-corrected chi connectivity index (χ2v) is 4.64. The Hall–Kier alpha value is -0.860. The summed E-state index contributed by atoms with van der Waals surface area (Å²) in [6, 6.07) is 10.5. The largest absolute Gasteiger partial charge is 0.370 e. The van der Waals surface area contributed by atoms with Crippen LogP contribution < -0.4 is 5.32 Å². The zero-order valence-electron chi connectivity index (χ0n) is 9.02. The van der Waals surface area contributed by atoms with Gasteiger partial charge in [-0.3, -0.25) is 0 Å². The van der Waals surface area contributed by atoms with E-state index in [0.29, 0.717) is 6.10 Å². The summed E-state index contributed by atoms with van der Waals surface area (Å²) in [6.45, 7) is 4.45. The molecule has 1 aliphatic heterocycles. The van der Waals surface area contributed by atoms with Gasteiger partial charge in [0.25, 0.3) is 0 Å². The Bertz CT molecular complexity index is 328. The molecule has 1 aliphatic carbocycles. The molecule has 2 nitrogen and oxygen atoms in total. The normalized spacial score (nSPS) is 34.9. The summed E-state index contributed by atoms with van der Waals surface area (Å²) in [5, 5.41) is 3.38. The van der Waals surface area contributed by atoms with Crippen LogP contribution in [-0.4, -0.2) is 19.2 Å². The van der Waals surface area contributed by atoms with Gasteiger partial charge in [-0.2, -0.15) is 0 Å². The van der Waals surface area contributed by atoms with Crippen molar-refractivity contribution in [3.63, 3.8) is 0 Å². The van der Waals surface area contributed by atoms with Gasteiger partial charge in [0.1, 0.15) is 0 Å². The molecule has 1 aromatic rings. The molecule has 2 heteroatoms. The molecule has 2 unspecified atom stereocenters. The fourth-order valence-corrected chi connectivity index (χ4v) is 2.60. The maximum Gasteiger partial charge on any atom is 0.0800 e. The van der Waals surface area contributed by atoms with Gasteiger partial charge >= 0.3 is 0 Å². The standard InChI is InChI=1S/C13H17NO/c1-9(10-5-3-2-4-6-10)15-13-11-7-14-8-12(11)13/h2-6,9,11-14H,7-8H2,1H3/t9?,11-,12+,13?. The minimum atomic E-state index is 0.238. The Labute approximate surface area is 90.6 Å². The van der Waals surface area contributed by atoms with Crippen LogP contribution in [0.3, 0.4) is 0 Å². The van der Waals surface area contributed by atoms with E-state index in [4.69, 9.17) is 4.74 Å². The molecule has 15 heavy (non-hydrogen) atoms. The molecule has 1 saturated carbocycles. The van der Waals surface area contributed by atoms with E-state index in [9.17, 15) is 0 Å². The minimum Gasteiger partial charge on any atom is -0.370 e. The zero-order chi connectivity index (χ0) is 10.3. The Kier molecular flexibility index (Phi) is 2.26. The molecule has 3 rings (SSSR count). The molecular formula is C13H17NO. The Balaban J connectivity index is 1.60. The number of hydrogen-bond donors (Lipinski definition) is 1. The Morgan fingerprint density at radius 1 is 1.20 bits per heavy atom. The molecule has 2 aliphatic rings. The van der Waals surface area contributed by atoms with Crippen molar-refractivity contribution in [3.8, 4) is 0 Å². The fraction of sp³-hybridized carbons (Fsp3) is 0.538. The van der Waals surface area contributed by atoms with Gasteiger partial charge in [0, 0.05) is 24.9 Å². The summed E-state index contributed by atoms with van der Waals surface area (Å²) in [4.78, 5) is 0. The van der Waals surface area contributed by atoms with Gasteiger partial charge < -0.3 is 10.1 Å². The highest BCUT2D eigenvalue weighted by molar-refractivity contribution is 5.17. The third kappa shape index (κ3) is 1.68. The van der Waals surface area contributed by atoms with Crippen molar-refractivity contribution in [1.29, 1.82) is 0 Å². The van der Waals surface area contributed by atoms with Gasteiger partial charge in [-0.15, -0.1) is 0 Å². The summed E-state index contributed by atoms with van der Waals surface area (Å²) in [5.41, 5.74) is 1.29. The number of piperidine rings is 1. The van der Waals surface area contributed by atoms with Crippen molar-refractivity contribution >= 4 is 0 Å². The van der Waals surface area contributed by atoms with E-state index in [-0.39, 0.29) is 6.10 Å². The van der Waals surface area contributed by atoms with Gasteiger partial charge in [0.2, 0.25) is 0 Å². The second kappa shape index (κ2) is 3.62. The van der Waals surface area contributed by atoms with Crippen LogP contribution in [0.25, 0.3) is 0 Å². The van der Waals surface area contributed by atoms with Crippen molar-refractivity contribution in [1.82, 2.24) is 5.32 Å². The van der Waals surface area contributed by atoms with Crippen LogP contribution in [0.2, 0.25) is 0 Å². The first-order valence-corrected chi connectivity index (χ1v) is 5.77. The fourth-order valence-electron chi connectivity index (χ4n) is 2.60. The van der Waals surface area contributed by atoms with Gasteiger partial charge in [-0.05, 0) is 12.5 Å². The van der Waals surface area contributed by atoms with E-state index in [2.05, 4.69) is 36.5 Å². The Morgan fingerprint density at radius 3 is 2.53 bits per heavy atom. The van der Waals surface area contributed by atoms with Crippen molar-refractivity contribution in [3.05, 3.63) is 35.9 Å². The van der Waals surface area contributed by atoms with E-state index in [1.54, 1.807) is 0 Å². The zero-order valence-corrected chi connectivity index (χ0v) is 9.02. The first kappa shape index (κ1) is 9.37. The number of benzene rings is 1. The van der Waals surface area contributed by atoms with Crippen LogP contribution in [0.4, 0.5) is 0 Å². The summed E-state index contributed by atoms with van der Waals surface area (Å²) >= 11 is 0. The van der Waals surface area contributed by atoms with Gasteiger partial charge in [0.15, 0.2) is 0 Å². The van der Waals surface area contributed by atoms with Crippen molar-refractivity contribution in [2.24, 2.45) is 11.8 Å². The SMILES string of the molecule is CC(OC1[C@H]2CNC[C@@H]12)c1ccccc1. The number of ether oxygens (including phenoxy) is 1. The molecule has 0 spiro atoms. The molecule has 0 bridgehead atoms. The first-order chi connectivity index (χ1) is 7.36. The van der Waals surface area contributed by atoms with Crippen molar-refractivity contribution in [2.75, 3.05) is 13.1 Å². The highest BCUT2D eigenvalue weighted by Gasteiger charge is 2.54.